The molecule has 3 aliphatic rings. The van der Waals surface area contributed by atoms with Crippen LogP contribution in [0.25, 0.3) is 16.9 Å². The van der Waals surface area contributed by atoms with Crippen LogP contribution in [0.5, 0.6) is 5.75 Å². The van der Waals surface area contributed by atoms with Crippen molar-refractivity contribution < 1.29 is 30.0 Å². The van der Waals surface area contributed by atoms with Crippen LogP contribution in [0, 0.1) is 17.8 Å². The number of aromatic hydroxyl groups is 1. The lowest BCUT2D eigenvalue weighted by Gasteiger charge is -2.52. The van der Waals surface area contributed by atoms with Crippen LogP contribution in [-0.2, 0) is 22.6 Å². The van der Waals surface area contributed by atoms with E-state index in [1.165, 1.54) is 13.0 Å². The first-order valence-electron chi connectivity index (χ1n) is 13.4. The molecule has 3 aliphatic carbocycles. The number of nitrogens with zero attached hydrogens (tertiary/aromatic N) is 2. The van der Waals surface area contributed by atoms with Gasteiger partial charge in [0.1, 0.15) is 22.9 Å². The molecule has 5 atom stereocenters. The Labute approximate surface area is 233 Å². The van der Waals surface area contributed by atoms with Gasteiger partial charge in [-0.25, -0.2) is 0 Å². The smallest absolute Gasteiger partial charge is 0.251 e. The Kier molecular flexibility index (Phi) is 6.81. The summed E-state index contributed by atoms with van der Waals surface area (Å²) in [7, 11) is 7.44. The molecule has 0 aliphatic heterocycles. The Hall–Kier alpha value is -3.66. The van der Waals surface area contributed by atoms with Crippen molar-refractivity contribution in [3.8, 4) is 16.9 Å². The number of fused-ring (bicyclic) bond motifs is 3. The number of phenols is 1. The molecule has 6 N–H and O–H groups in total. The monoisotopic (exact) mass is 547 g/mol. The van der Waals surface area contributed by atoms with Crippen molar-refractivity contribution in [2.75, 3.05) is 28.2 Å². The summed E-state index contributed by atoms with van der Waals surface area (Å²) in [5.41, 5.74) is 7.15. The minimum absolute atomic E-state index is 0.130. The number of rotatable bonds is 5. The molecule has 40 heavy (non-hydrogen) atoms. The first-order chi connectivity index (χ1) is 18.8. The third kappa shape index (κ3) is 4.11. The first-order valence-corrected chi connectivity index (χ1v) is 13.4. The summed E-state index contributed by atoms with van der Waals surface area (Å²) < 4.78 is 0. The maximum absolute atomic E-state index is 14.2. The van der Waals surface area contributed by atoms with Crippen LogP contribution < -0.4 is 5.73 Å². The number of likely N-dealkylation sites (N-methyl/N-ethyl adjacent to an activating group) is 1. The molecular formula is C31H37N3O6. The van der Waals surface area contributed by atoms with Crippen LogP contribution in [0.4, 0.5) is 0 Å². The van der Waals surface area contributed by atoms with Crippen molar-refractivity contribution in [1.29, 1.82) is 0 Å². The molecule has 1 saturated carbocycles. The highest BCUT2D eigenvalue weighted by atomic mass is 16.3. The number of carbonyl (C=O) groups is 2. The summed E-state index contributed by atoms with van der Waals surface area (Å²) in [5, 5.41) is 45.2. The largest absolute Gasteiger partial charge is 0.510 e. The lowest BCUT2D eigenvalue weighted by Crippen LogP contribution is -2.61. The summed E-state index contributed by atoms with van der Waals surface area (Å²) >= 11 is 0. The van der Waals surface area contributed by atoms with Crippen molar-refractivity contribution in [3.05, 3.63) is 70.0 Å². The molecule has 5 rings (SSSR count). The van der Waals surface area contributed by atoms with Crippen molar-refractivity contribution in [1.82, 2.24) is 9.80 Å². The minimum atomic E-state index is -2.04. The van der Waals surface area contributed by atoms with E-state index in [-0.39, 0.29) is 28.4 Å². The SMILES string of the molecule is CN(C)Cc1ccccc1-c1ccc(O)c2c1CC1CC3C(C(=O)C1=C2O)[C@](C)(O)C(C(N)=O)=C(O)[C@H]3N(C)C. The van der Waals surface area contributed by atoms with Gasteiger partial charge in [0.15, 0.2) is 5.78 Å². The van der Waals surface area contributed by atoms with E-state index in [2.05, 4.69) is 4.90 Å². The lowest BCUT2D eigenvalue weighted by atomic mass is 9.55. The van der Waals surface area contributed by atoms with Crippen molar-refractivity contribution in [3.63, 3.8) is 0 Å². The number of amides is 1. The van der Waals surface area contributed by atoms with Crippen LogP contribution in [0.15, 0.2) is 53.3 Å². The van der Waals surface area contributed by atoms with Gasteiger partial charge in [0.2, 0.25) is 0 Å². The van der Waals surface area contributed by atoms with Gasteiger partial charge >= 0.3 is 0 Å². The molecule has 0 heterocycles. The highest BCUT2D eigenvalue weighted by Gasteiger charge is 2.60. The van der Waals surface area contributed by atoms with E-state index in [9.17, 15) is 30.0 Å². The highest BCUT2D eigenvalue weighted by molar-refractivity contribution is 6.08. The van der Waals surface area contributed by atoms with E-state index in [0.717, 1.165) is 22.3 Å². The van der Waals surface area contributed by atoms with E-state index in [1.807, 2.05) is 44.4 Å². The third-order valence-electron chi connectivity index (χ3n) is 8.82. The van der Waals surface area contributed by atoms with Crippen LogP contribution in [0.2, 0.25) is 0 Å². The minimum Gasteiger partial charge on any atom is -0.510 e. The van der Waals surface area contributed by atoms with Crippen LogP contribution in [0.3, 0.4) is 0 Å². The highest BCUT2D eigenvalue weighted by Crippen LogP contribution is 2.55. The summed E-state index contributed by atoms with van der Waals surface area (Å²) in [6.07, 6.45) is 0.734. The summed E-state index contributed by atoms with van der Waals surface area (Å²) in [4.78, 5) is 30.3. The number of primary amides is 1. The number of allylic oxidation sites excluding steroid dienone is 1. The number of phenolic OH excluding ortho intramolecular Hbond substituents is 1. The Balaban J connectivity index is 1.70. The Morgan fingerprint density at radius 1 is 1.05 bits per heavy atom. The van der Waals surface area contributed by atoms with Gasteiger partial charge in [-0.3, -0.25) is 14.5 Å². The third-order valence-corrected chi connectivity index (χ3v) is 8.82. The zero-order valence-corrected chi connectivity index (χ0v) is 23.5. The van der Waals surface area contributed by atoms with Crippen molar-refractivity contribution >= 4 is 17.4 Å². The Bertz CT molecular complexity index is 1470. The molecule has 0 saturated heterocycles. The average Bonchev–Trinajstić information content (AvgIpc) is 2.83. The summed E-state index contributed by atoms with van der Waals surface area (Å²) in [6, 6.07) is 10.6. The van der Waals surface area contributed by atoms with E-state index in [1.54, 1.807) is 19.0 Å². The van der Waals surface area contributed by atoms with Gasteiger partial charge in [-0.2, -0.15) is 0 Å². The number of aliphatic hydroxyl groups excluding tert-OH is 2. The Morgan fingerprint density at radius 3 is 2.35 bits per heavy atom. The second kappa shape index (κ2) is 9.76. The standard InChI is InChI=1S/C31H37N3O6/c1-31(40)24-20(26(34(4)5)29(38)25(31)30(32)39)13-16-12-19-18(17-9-7-6-8-15(17)14-33(2)3)10-11-21(35)23(19)27(36)22(16)28(24)37/h6-11,16,20,24,26,35-36,38,40H,12-14H2,1-5H3,(H2,32,39)/t16?,20?,24?,26-,31-/m0/s1. The summed E-state index contributed by atoms with van der Waals surface area (Å²) in [5.74, 6) is -4.40. The molecule has 9 heteroatoms. The molecule has 1 fully saturated rings. The maximum atomic E-state index is 14.2. The van der Waals surface area contributed by atoms with Gasteiger partial charge in [-0.05, 0) is 88.1 Å². The molecule has 0 radical (unpaired) electrons. The van der Waals surface area contributed by atoms with Gasteiger partial charge in [0, 0.05) is 12.1 Å². The van der Waals surface area contributed by atoms with E-state index in [0.29, 0.717) is 19.4 Å². The molecule has 212 valence electrons. The second-order valence-electron chi connectivity index (χ2n) is 12.0. The van der Waals surface area contributed by atoms with E-state index < -0.39 is 46.7 Å². The van der Waals surface area contributed by atoms with Gasteiger partial charge in [-0.1, -0.05) is 30.3 Å². The fraction of sp³-hybridized carbons (Fsp3) is 0.419. The topological polar surface area (TPSA) is 148 Å². The maximum Gasteiger partial charge on any atom is 0.251 e. The van der Waals surface area contributed by atoms with E-state index >= 15 is 0 Å². The zero-order chi connectivity index (χ0) is 29.3. The molecule has 9 nitrogen and oxygen atoms in total. The Morgan fingerprint density at radius 2 is 1.73 bits per heavy atom. The quantitative estimate of drug-likeness (QED) is 0.384. The van der Waals surface area contributed by atoms with Crippen LogP contribution >= 0.6 is 0 Å². The molecular weight excluding hydrogens is 510 g/mol. The van der Waals surface area contributed by atoms with Crippen LogP contribution in [0.1, 0.15) is 30.0 Å². The zero-order valence-electron chi connectivity index (χ0n) is 23.5. The van der Waals surface area contributed by atoms with E-state index in [4.69, 9.17) is 5.73 Å². The van der Waals surface area contributed by atoms with Gasteiger partial charge < -0.3 is 31.1 Å². The number of Topliss-reactive ketones (excluding diaryl/α,β-unsaturated/α-hetero) is 1. The van der Waals surface area contributed by atoms with Crippen molar-refractivity contribution in [2.24, 2.45) is 23.5 Å². The number of benzene rings is 2. The first kappa shape index (κ1) is 27.9. The van der Waals surface area contributed by atoms with Crippen LogP contribution in [-0.4, -0.2) is 81.7 Å². The predicted molar refractivity (Wildman–Crippen MR) is 151 cm³/mol. The fourth-order valence-electron chi connectivity index (χ4n) is 7.40. The van der Waals surface area contributed by atoms with Gasteiger partial charge in [0.05, 0.1) is 23.1 Å². The molecule has 2 aromatic carbocycles. The summed E-state index contributed by atoms with van der Waals surface area (Å²) in [6.45, 7) is 2.01. The molecule has 0 aromatic heterocycles. The molecule has 2 aromatic rings. The lowest BCUT2D eigenvalue weighted by molar-refractivity contribution is -0.139. The molecule has 0 spiro atoms. The fourth-order valence-corrected chi connectivity index (χ4v) is 7.40. The normalized spacial score (nSPS) is 28.1. The second-order valence-corrected chi connectivity index (χ2v) is 12.0. The number of hydrogen-bond donors (Lipinski definition) is 5. The molecule has 0 bridgehead atoms. The van der Waals surface area contributed by atoms with Gasteiger partial charge in [0.25, 0.3) is 5.91 Å². The molecule has 1 amide bonds. The van der Waals surface area contributed by atoms with Crippen molar-refractivity contribution in [2.45, 2.75) is 38.0 Å². The number of hydrogen-bond acceptors (Lipinski definition) is 8. The van der Waals surface area contributed by atoms with Gasteiger partial charge in [-0.15, -0.1) is 0 Å². The number of carbonyl (C=O) groups excluding carboxylic acids is 2. The molecule has 3 unspecified atom stereocenters. The predicted octanol–water partition coefficient (Wildman–Crippen LogP) is 2.76. The number of ketones is 1. The average molecular weight is 548 g/mol. The number of aliphatic hydroxyl groups is 3. The number of nitrogens with two attached hydrogens (primary N) is 1.